The molecule has 1 nitrogen and oxygen atoms in total. The summed E-state index contributed by atoms with van der Waals surface area (Å²) < 4.78 is 0. The second-order valence-corrected chi connectivity index (χ2v) is 5.81. The number of aliphatic hydroxyl groups excluding tert-OH is 1. The molecule has 0 amide bonds. The monoisotopic (exact) mass is 234 g/mol. The predicted octanol–water partition coefficient (Wildman–Crippen LogP) is 3.97. The Bertz CT molecular complexity index is 313. The topological polar surface area (TPSA) is 20.2 Å². The minimum atomic E-state index is -0.202. The van der Waals surface area contributed by atoms with Crippen LogP contribution < -0.4 is 0 Å². The summed E-state index contributed by atoms with van der Waals surface area (Å²) in [6, 6.07) is 8.45. The van der Waals surface area contributed by atoms with Crippen LogP contribution in [0.4, 0.5) is 0 Å². The second-order valence-electron chi connectivity index (χ2n) is 5.81. The molecule has 0 saturated heterocycles. The number of aryl methyl sites for hydroxylation is 1. The van der Waals surface area contributed by atoms with E-state index in [2.05, 4.69) is 52.0 Å². The van der Waals surface area contributed by atoms with Crippen molar-refractivity contribution in [3.05, 3.63) is 35.4 Å². The van der Waals surface area contributed by atoms with Gasteiger partial charge >= 0.3 is 0 Å². The third-order valence-corrected chi connectivity index (χ3v) is 3.14. The first kappa shape index (κ1) is 14.2. The number of aliphatic hydroxyl groups is 1. The summed E-state index contributed by atoms with van der Waals surface area (Å²) in [5.41, 5.74) is 2.51. The minimum Gasteiger partial charge on any atom is -0.393 e. The minimum absolute atomic E-state index is 0.202. The number of benzene rings is 1. The normalized spacial score (nSPS) is 14.9. The largest absolute Gasteiger partial charge is 0.393 e. The highest BCUT2D eigenvalue weighted by Gasteiger charge is 2.12. The molecule has 0 radical (unpaired) electrons. The highest BCUT2D eigenvalue weighted by Crippen LogP contribution is 2.18. The van der Waals surface area contributed by atoms with E-state index in [1.54, 1.807) is 0 Å². The number of hydrogen-bond donors (Lipinski definition) is 1. The zero-order chi connectivity index (χ0) is 12.8. The van der Waals surface area contributed by atoms with Gasteiger partial charge in [0.1, 0.15) is 0 Å². The van der Waals surface area contributed by atoms with Gasteiger partial charge in [0, 0.05) is 0 Å². The van der Waals surface area contributed by atoms with E-state index in [1.807, 2.05) is 0 Å². The van der Waals surface area contributed by atoms with E-state index in [-0.39, 0.29) is 6.10 Å². The van der Waals surface area contributed by atoms with Gasteiger partial charge in [-0.05, 0) is 43.6 Å². The Hall–Kier alpha value is -0.820. The van der Waals surface area contributed by atoms with Crippen molar-refractivity contribution in [2.24, 2.45) is 11.8 Å². The van der Waals surface area contributed by atoms with Crippen LogP contribution in [-0.2, 0) is 6.42 Å². The number of hydrogen-bond acceptors (Lipinski definition) is 1. The van der Waals surface area contributed by atoms with Gasteiger partial charge in [0.05, 0.1) is 6.10 Å². The molecule has 1 rings (SSSR count). The zero-order valence-corrected chi connectivity index (χ0v) is 11.6. The Kier molecular flexibility index (Phi) is 5.70. The summed E-state index contributed by atoms with van der Waals surface area (Å²) >= 11 is 0. The van der Waals surface area contributed by atoms with Gasteiger partial charge in [0.15, 0.2) is 0 Å². The lowest BCUT2D eigenvalue weighted by Gasteiger charge is -2.18. The van der Waals surface area contributed by atoms with E-state index < -0.39 is 0 Å². The maximum atomic E-state index is 10.1. The maximum absolute atomic E-state index is 10.1. The summed E-state index contributed by atoms with van der Waals surface area (Å²) in [5, 5.41) is 10.1. The Morgan fingerprint density at radius 1 is 1.00 bits per heavy atom. The van der Waals surface area contributed by atoms with Crippen LogP contribution in [-0.4, -0.2) is 11.2 Å². The SMILES string of the molecule is Cc1ccc(CC(O)CC(C)CC(C)C)cc1. The molecule has 17 heavy (non-hydrogen) atoms. The van der Waals surface area contributed by atoms with E-state index in [4.69, 9.17) is 0 Å². The van der Waals surface area contributed by atoms with Crippen molar-refractivity contribution in [1.29, 1.82) is 0 Å². The predicted molar refractivity (Wildman–Crippen MR) is 74.1 cm³/mol. The molecular formula is C16H26O. The summed E-state index contributed by atoms with van der Waals surface area (Å²) in [6.45, 7) is 8.80. The molecule has 0 heterocycles. The molecule has 0 aliphatic carbocycles. The third-order valence-electron chi connectivity index (χ3n) is 3.14. The van der Waals surface area contributed by atoms with Crippen molar-refractivity contribution in [2.45, 2.75) is 53.1 Å². The van der Waals surface area contributed by atoms with Crippen LogP contribution in [0.25, 0.3) is 0 Å². The van der Waals surface area contributed by atoms with Crippen LogP contribution in [0.1, 0.15) is 44.7 Å². The molecule has 0 aliphatic rings. The van der Waals surface area contributed by atoms with Crippen LogP contribution in [0, 0.1) is 18.8 Å². The fourth-order valence-electron chi connectivity index (χ4n) is 2.44. The Morgan fingerprint density at radius 3 is 2.12 bits per heavy atom. The van der Waals surface area contributed by atoms with Gasteiger partial charge in [-0.1, -0.05) is 50.6 Å². The lowest BCUT2D eigenvalue weighted by Crippen LogP contribution is -2.15. The van der Waals surface area contributed by atoms with Crippen LogP contribution in [0.2, 0.25) is 0 Å². The van der Waals surface area contributed by atoms with E-state index in [1.165, 1.54) is 17.5 Å². The van der Waals surface area contributed by atoms with Crippen molar-refractivity contribution < 1.29 is 5.11 Å². The van der Waals surface area contributed by atoms with Crippen LogP contribution in [0.5, 0.6) is 0 Å². The number of rotatable bonds is 6. The van der Waals surface area contributed by atoms with Gasteiger partial charge in [-0.25, -0.2) is 0 Å². The fourth-order valence-corrected chi connectivity index (χ4v) is 2.44. The van der Waals surface area contributed by atoms with Crippen molar-refractivity contribution in [3.63, 3.8) is 0 Å². The molecule has 96 valence electrons. The highest BCUT2D eigenvalue weighted by atomic mass is 16.3. The van der Waals surface area contributed by atoms with Crippen LogP contribution in [0.3, 0.4) is 0 Å². The van der Waals surface area contributed by atoms with E-state index >= 15 is 0 Å². The lowest BCUT2D eigenvalue weighted by atomic mass is 9.91. The first-order valence-electron chi connectivity index (χ1n) is 6.71. The van der Waals surface area contributed by atoms with Crippen molar-refractivity contribution in [1.82, 2.24) is 0 Å². The van der Waals surface area contributed by atoms with Crippen molar-refractivity contribution >= 4 is 0 Å². The molecule has 1 aromatic carbocycles. The molecule has 0 aliphatic heterocycles. The Labute approximate surface area is 106 Å². The first-order chi connectivity index (χ1) is 7.97. The molecular weight excluding hydrogens is 208 g/mol. The van der Waals surface area contributed by atoms with Gasteiger partial charge in [0.2, 0.25) is 0 Å². The summed E-state index contributed by atoms with van der Waals surface area (Å²) in [5.74, 6) is 1.33. The molecule has 0 spiro atoms. The summed E-state index contributed by atoms with van der Waals surface area (Å²) in [6.07, 6.45) is 2.69. The molecule has 2 atom stereocenters. The maximum Gasteiger partial charge on any atom is 0.0583 e. The van der Waals surface area contributed by atoms with E-state index in [9.17, 15) is 5.11 Å². The quantitative estimate of drug-likeness (QED) is 0.789. The third kappa shape index (κ3) is 5.88. The molecule has 1 heteroatoms. The Morgan fingerprint density at radius 2 is 1.59 bits per heavy atom. The molecule has 0 fully saturated rings. The highest BCUT2D eigenvalue weighted by molar-refractivity contribution is 5.21. The fraction of sp³-hybridized carbons (Fsp3) is 0.625. The van der Waals surface area contributed by atoms with Gasteiger partial charge in [-0.3, -0.25) is 0 Å². The average Bonchev–Trinajstić information content (AvgIpc) is 2.19. The smallest absolute Gasteiger partial charge is 0.0583 e. The first-order valence-corrected chi connectivity index (χ1v) is 6.71. The lowest BCUT2D eigenvalue weighted by molar-refractivity contribution is 0.140. The van der Waals surface area contributed by atoms with E-state index in [0.29, 0.717) is 5.92 Å². The van der Waals surface area contributed by atoms with Crippen LogP contribution >= 0.6 is 0 Å². The second kappa shape index (κ2) is 6.80. The standard InChI is InChI=1S/C16H26O/c1-12(2)9-14(4)10-16(17)11-15-7-5-13(3)6-8-15/h5-8,12,14,16-17H,9-11H2,1-4H3. The van der Waals surface area contributed by atoms with Crippen molar-refractivity contribution in [2.75, 3.05) is 0 Å². The van der Waals surface area contributed by atoms with Crippen LogP contribution in [0.15, 0.2) is 24.3 Å². The van der Waals surface area contributed by atoms with E-state index in [0.717, 1.165) is 18.8 Å². The molecule has 0 saturated carbocycles. The molecule has 0 aromatic heterocycles. The zero-order valence-electron chi connectivity index (χ0n) is 11.6. The van der Waals surface area contributed by atoms with Crippen molar-refractivity contribution in [3.8, 4) is 0 Å². The summed E-state index contributed by atoms with van der Waals surface area (Å²) in [7, 11) is 0. The van der Waals surface area contributed by atoms with Gasteiger partial charge in [-0.15, -0.1) is 0 Å². The Balaban J connectivity index is 2.38. The average molecular weight is 234 g/mol. The van der Waals surface area contributed by atoms with Gasteiger partial charge in [0.25, 0.3) is 0 Å². The molecule has 0 bridgehead atoms. The van der Waals surface area contributed by atoms with Gasteiger partial charge in [-0.2, -0.15) is 0 Å². The molecule has 1 aromatic rings. The summed E-state index contributed by atoms with van der Waals surface area (Å²) in [4.78, 5) is 0. The molecule has 1 N–H and O–H groups in total. The molecule has 2 unspecified atom stereocenters. The van der Waals surface area contributed by atoms with Gasteiger partial charge < -0.3 is 5.11 Å².